The lowest BCUT2D eigenvalue weighted by Crippen LogP contribution is -2.30. The molecule has 4 aromatic rings. The molecule has 4 heteroatoms. The summed E-state index contributed by atoms with van der Waals surface area (Å²) in [5, 5.41) is 25.2. The van der Waals surface area contributed by atoms with Crippen molar-refractivity contribution in [2.24, 2.45) is 5.92 Å². The molecule has 3 N–H and O–H groups in total. The summed E-state index contributed by atoms with van der Waals surface area (Å²) in [7, 11) is 0. The lowest BCUT2D eigenvalue weighted by atomic mass is 9.90. The van der Waals surface area contributed by atoms with Gasteiger partial charge in [0.25, 0.3) is 0 Å². The van der Waals surface area contributed by atoms with Crippen LogP contribution in [0.5, 0.6) is 17.2 Å². The first-order chi connectivity index (χ1) is 16.2. The molecule has 0 aliphatic carbocycles. The molecule has 0 radical (unpaired) electrons. The Morgan fingerprint density at radius 3 is 2.27 bits per heavy atom. The van der Waals surface area contributed by atoms with Crippen LogP contribution >= 0.6 is 0 Å². The van der Waals surface area contributed by atoms with Crippen LogP contribution in [0.1, 0.15) is 24.0 Å². The summed E-state index contributed by atoms with van der Waals surface area (Å²) >= 11 is 0. The summed E-state index contributed by atoms with van der Waals surface area (Å²) in [4.78, 5) is 0. The Morgan fingerprint density at radius 2 is 1.52 bits per heavy atom. The molecule has 0 saturated carbocycles. The molecule has 1 fully saturated rings. The number of ether oxygens (including phenoxy) is 1. The molecule has 1 aliphatic rings. The number of hydrogen-bond donors (Lipinski definition) is 3. The summed E-state index contributed by atoms with van der Waals surface area (Å²) in [5.41, 5.74) is 4.57. The molecule has 1 heterocycles. The third-order valence-corrected chi connectivity index (χ3v) is 6.54. The summed E-state index contributed by atoms with van der Waals surface area (Å²) in [6.45, 7) is 2.94. The monoisotopic (exact) mass is 439 g/mol. The molecule has 0 unspecified atom stereocenters. The number of benzene rings is 4. The van der Waals surface area contributed by atoms with Crippen LogP contribution in [0.3, 0.4) is 0 Å². The highest BCUT2D eigenvalue weighted by atomic mass is 16.5. The average molecular weight is 440 g/mol. The topological polar surface area (TPSA) is 61.7 Å². The highest BCUT2D eigenvalue weighted by Gasteiger charge is 2.14. The zero-order valence-electron chi connectivity index (χ0n) is 18.6. The second-order valence-electron chi connectivity index (χ2n) is 8.87. The van der Waals surface area contributed by atoms with Gasteiger partial charge >= 0.3 is 0 Å². The quantitative estimate of drug-likeness (QED) is 0.351. The van der Waals surface area contributed by atoms with E-state index in [2.05, 4.69) is 35.6 Å². The molecule has 1 saturated heterocycles. The molecule has 0 bridgehead atoms. The Morgan fingerprint density at radius 1 is 0.788 bits per heavy atom. The van der Waals surface area contributed by atoms with Gasteiger partial charge in [0.1, 0.15) is 17.2 Å². The SMILES string of the molecule is Oc1ccc(-c2ccc3cc(O)ccc3c2Cc2ccc(OCC3CCNCC3)cc2)cc1. The van der Waals surface area contributed by atoms with E-state index in [9.17, 15) is 10.2 Å². The second kappa shape index (κ2) is 9.55. The number of aromatic hydroxyl groups is 2. The Bertz CT molecular complexity index is 1230. The van der Waals surface area contributed by atoms with Crippen molar-refractivity contribution in [3.63, 3.8) is 0 Å². The predicted octanol–water partition coefficient (Wildman–Crippen LogP) is 5.89. The third kappa shape index (κ3) is 4.96. The van der Waals surface area contributed by atoms with E-state index >= 15 is 0 Å². The van der Waals surface area contributed by atoms with Crippen LogP contribution in [0.2, 0.25) is 0 Å². The number of nitrogens with one attached hydrogen (secondary N) is 1. The van der Waals surface area contributed by atoms with Crippen molar-refractivity contribution in [1.82, 2.24) is 5.32 Å². The highest BCUT2D eigenvalue weighted by Crippen LogP contribution is 2.34. The van der Waals surface area contributed by atoms with Gasteiger partial charge in [0, 0.05) is 0 Å². The Kier molecular flexibility index (Phi) is 6.18. The maximum atomic E-state index is 9.96. The Balaban J connectivity index is 1.42. The van der Waals surface area contributed by atoms with E-state index in [-0.39, 0.29) is 11.5 Å². The number of hydrogen-bond acceptors (Lipinski definition) is 4. The van der Waals surface area contributed by atoms with Crippen molar-refractivity contribution in [2.45, 2.75) is 19.3 Å². The Hall–Kier alpha value is -3.50. The molecular weight excluding hydrogens is 410 g/mol. The van der Waals surface area contributed by atoms with E-state index in [1.165, 1.54) is 24.0 Å². The third-order valence-electron chi connectivity index (χ3n) is 6.54. The smallest absolute Gasteiger partial charge is 0.119 e. The normalized spacial score (nSPS) is 14.4. The standard InChI is InChI=1S/C29H29NO3/c31-24-6-3-22(4-7-24)27-11-5-23-18-25(32)8-12-28(23)29(27)17-20-1-9-26(10-2-20)33-19-21-13-15-30-16-14-21/h1-12,18,21,30-32H,13-17,19H2. The van der Waals surface area contributed by atoms with Gasteiger partial charge in [0.2, 0.25) is 0 Å². The van der Waals surface area contributed by atoms with Crippen LogP contribution < -0.4 is 10.1 Å². The first kappa shape index (κ1) is 21.4. The van der Waals surface area contributed by atoms with E-state index < -0.39 is 0 Å². The molecule has 4 nitrogen and oxygen atoms in total. The largest absolute Gasteiger partial charge is 0.508 e. The Labute approximate surface area is 194 Å². The van der Waals surface area contributed by atoms with Crippen LogP contribution in [-0.2, 0) is 6.42 Å². The van der Waals surface area contributed by atoms with E-state index in [4.69, 9.17) is 4.74 Å². The minimum Gasteiger partial charge on any atom is -0.508 e. The average Bonchev–Trinajstić information content (AvgIpc) is 2.85. The zero-order valence-corrected chi connectivity index (χ0v) is 18.6. The van der Waals surface area contributed by atoms with Crippen LogP contribution in [0.4, 0.5) is 0 Å². The molecule has 0 amide bonds. The minimum absolute atomic E-state index is 0.256. The number of phenolic OH excluding ortho intramolecular Hbond substituents is 2. The molecule has 0 atom stereocenters. The number of piperidine rings is 1. The molecule has 1 aliphatic heterocycles. The first-order valence-corrected chi connectivity index (χ1v) is 11.6. The van der Waals surface area contributed by atoms with E-state index in [1.807, 2.05) is 24.3 Å². The van der Waals surface area contributed by atoms with Gasteiger partial charge < -0.3 is 20.3 Å². The number of phenols is 2. The molecule has 33 heavy (non-hydrogen) atoms. The van der Waals surface area contributed by atoms with Gasteiger partial charge in [-0.05, 0) is 108 Å². The fraction of sp³-hybridized carbons (Fsp3) is 0.241. The summed E-state index contributed by atoms with van der Waals surface area (Å²) in [6, 6.07) is 25.4. The van der Waals surface area contributed by atoms with Gasteiger partial charge in [0.05, 0.1) is 6.61 Å². The van der Waals surface area contributed by atoms with Crippen LogP contribution in [0, 0.1) is 5.92 Å². The lowest BCUT2D eigenvalue weighted by molar-refractivity contribution is 0.215. The molecule has 5 rings (SSSR count). The molecule has 0 spiro atoms. The van der Waals surface area contributed by atoms with Crippen LogP contribution in [0.25, 0.3) is 21.9 Å². The van der Waals surface area contributed by atoms with Gasteiger partial charge in [-0.3, -0.25) is 0 Å². The van der Waals surface area contributed by atoms with Gasteiger partial charge in [-0.25, -0.2) is 0 Å². The zero-order chi connectivity index (χ0) is 22.6. The minimum atomic E-state index is 0.256. The first-order valence-electron chi connectivity index (χ1n) is 11.6. The molecule has 168 valence electrons. The van der Waals surface area contributed by atoms with Crippen molar-refractivity contribution in [1.29, 1.82) is 0 Å². The van der Waals surface area contributed by atoms with E-state index in [1.54, 1.807) is 24.3 Å². The number of rotatable bonds is 6. The lowest BCUT2D eigenvalue weighted by Gasteiger charge is -2.22. The molecular formula is C29H29NO3. The van der Waals surface area contributed by atoms with Crippen LogP contribution in [0.15, 0.2) is 78.9 Å². The summed E-state index contributed by atoms with van der Waals surface area (Å²) in [6.07, 6.45) is 3.11. The summed E-state index contributed by atoms with van der Waals surface area (Å²) < 4.78 is 6.06. The van der Waals surface area contributed by atoms with Crippen molar-refractivity contribution < 1.29 is 14.9 Å². The second-order valence-corrected chi connectivity index (χ2v) is 8.87. The molecule has 4 aromatic carbocycles. The molecule has 0 aromatic heterocycles. The van der Waals surface area contributed by atoms with Gasteiger partial charge in [-0.1, -0.05) is 42.5 Å². The van der Waals surface area contributed by atoms with Crippen molar-refractivity contribution in [2.75, 3.05) is 19.7 Å². The fourth-order valence-electron chi connectivity index (χ4n) is 4.65. The van der Waals surface area contributed by atoms with E-state index in [0.29, 0.717) is 5.92 Å². The summed E-state index contributed by atoms with van der Waals surface area (Å²) in [5.74, 6) is 2.07. The predicted molar refractivity (Wildman–Crippen MR) is 133 cm³/mol. The van der Waals surface area contributed by atoms with Crippen LogP contribution in [-0.4, -0.2) is 29.9 Å². The number of fused-ring (bicyclic) bond motifs is 1. The maximum Gasteiger partial charge on any atom is 0.119 e. The van der Waals surface area contributed by atoms with Crippen molar-refractivity contribution >= 4 is 10.8 Å². The van der Waals surface area contributed by atoms with Gasteiger partial charge in [-0.15, -0.1) is 0 Å². The van der Waals surface area contributed by atoms with E-state index in [0.717, 1.165) is 53.8 Å². The van der Waals surface area contributed by atoms with Crippen molar-refractivity contribution in [3.8, 4) is 28.4 Å². The maximum absolute atomic E-state index is 9.96. The highest BCUT2D eigenvalue weighted by molar-refractivity contribution is 5.93. The fourth-order valence-corrected chi connectivity index (χ4v) is 4.65. The van der Waals surface area contributed by atoms with Gasteiger partial charge in [-0.2, -0.15) is 0 Å². The van der Waals surface area contributed by atoms with Gasteiger partial charge in [0.15, 0.2) is 0 Å². The van der Waals surface area contributed by atoms with Crippen molar-refractivity contribution in [3.05, 3.63) is 90.0 Å².